The van der Waals surface area contributed by atoms with E-state index in [0.717, 1.165) is 16.1 Å². The van der Waals surface area contributed by atoms with Gasteiger partial charge in [-0.25, -0.2) is 13.1 Å². The molecule has 0 aliphatic carbocycles. The maximum atomic E-state index is 12.7. The quantitative estimate of drug-likeness (QED) is 0.800. The summed E-state index contributed by atoms with van der Waals surface area (Å²) in [5.74, 6) is 0.460. The van der Waals surface area contributed by atoms with Crippen LogP contribution in [0.3, 0.4) is 0 Å². The summed E-state index contributed by atoms with van der Waals surface area (Å²) in [4.78, 5) is 15.0. The Bertz CT molecular complexity index is 941. The van der Waals surface area contributed by atoms with E-state index in [4.69, 9.17) is 0 Å². The van der Waals surface area contributed by atoms with Gasteiger partial charge in [0.25, 0.3) is 0 Å². The molecule has 0 saturated heterocycles. The van der Waals surface area contributed by atoms with Gasteiger partial charge >= 0.3 is 0 Å². The molecule has 144 valence electrons. The number of sulfonamides is 1. The SMILES string of the molecule is C[C@@H]1CSc2ccc(S(=O)(=O)NCc3ccc(N(C)C)cc3)cc2NC1=O. The standard InChI is InChI=1S/C19H23N3O3S2/c1-13-12-26-18-9-8-16(10-17(18)21-19(13)23)27(24,25)20-11-14-4-6-15(7-5-14)22(2)3/h4-10,13,20H,11-12H2,1-3H3,(H,21,23)/t13-/m1/s1. The summed E-state index contributed by atoms with van der Waals surface area (Å²) in [6.07, 6.45) is 0. The number of rotatable bonds is 5. The maximum Gasteiger partial charge on any atom is 0.240 e. The highest BCUT2D eigenvalue weighted by molar-refractivity contribution is 7.99. The number of nitrogens with zero attached hydrogens (tertiary/aromatic N) is 1. The van der Waals surface area contributed by atoms with Gasteiger partial charge in [-0.2, -0.15) is 0 Å². The molecule has 1 amide bonds. The van der Waals surface area contributed by atoms with Crippen LogP contribution in [0.1, 0.15) is 12.5 Å². The van der Waals surface area contributed by atoms with Crippen LogP contribution in [0.25, 0.3) is 0 Å². The van der Waals surface area contributed by atoms with Crippen molar-refractivity contribution in [2.24, 2.45) is 5.92 Å². The van der Waals surface area contributed by atoms with E-state index in [1.54, 1.807) is 23.9 Å². The van der Waals surface area contributed by atoms with Gasteiger partial charge in [-0.1, -0.05) is 19.1 Å². The summed E-state index contributed by atoms with van der Waals surface area (Å²) in [7, 11) is 0.222. The third-order valence-electron chi connectivity index (χ3n) is 4.37. The van der Waals surface area contributed by atoms with Crippen molar-refractivity contribution in [1.29, 1.82) is 0 Å². The monoisotopic (exact) mass is 405 g/mol. The van der Waals surface area contributed by atoms with Gasteiger partial charge < -0.3 is 10.2 Å². The molecule has 0 saturated carbocycles. The van der Waals surface area contributed by atoms with Gasteiger partial charge in [0, 0.05) is 42.9 Å². The summed E-state index contributed by atoms with van der Waals surface area (Å²) in [5.41, 5.74) is 2.47. The summed E-state index contributed by atoms with van der Waals surface area (Å²) in [5, 5.41) is 2.82. The van der Waals surface area contributed by atoms with Gasteiger partial charge in [-0.15, -0.1) is 11.8 Å². The Hall–Kier alpha value is -2.03. The molecule has 1 heterocycles. The van der Waals surface area contributed by atoms with Crippen molar-refractivity contribution in [2.45, 2.75) is 23.3 Å². The van der Waals surface area contributed by atoms with E-state index in [1.807, 2.05) is 50.2 Å². The van der Waals surface area contributed by atoms with Crippen molar-refractivity contribution in [3.05, 3.63) is 48.0 Å². The third-order valence-corrected chi connectivity index (χ3v) is 7.11. The molecule has 0 unspecified atom stereocenters. The zero-order valence-electron chi connectivity index (χ0n) is 15.5. The van der Waals surface area contributed by atoms with Crippen LogP contribution in [0.15, 0.2) is 52.3 Å². The number of anilines is 2. The van der Waals surface area contributed by atoms with E-state index in [-0.39, 0.29) is 23.3 Å². The van der Waals surface area contributed by atoms with Gasteiger partial charge in [-0.3, -0.25) is 4.79 Å². The molecule has 0 radical (unpaired) electrons. The summed E-state index contributed by atoms with van der Waals surface area (Å²) < 4.78 is 27.9. The first-order valence-corrected chi connectivity index (χ1v) is 11.1. The first-order valence-electron chi connectivity index (χ1n) is 8.60. The van der Waals surface area contributed by atoms with Crippen LogP contribution in [0.4, 0.5) is 11.4 Å². The Morgan fingerprint density at radius 3 is 2.56 bits per heavy atom. The van der Waals surface area contributed by atoms with E-state index in [2.05, 4.69) is 10.0 Å². The molecule has 6 nitrogen and oxygen atoms in total. The molecule has 1 aliphatic heterocycles. The molecule has 0 spiro atoms. The number of carbonyl (C=O) groups excluding carboxylic acids is 1. The van der Waals surface area contributed by atoms with Crippen molar-refractivity contribution >= 4 is 39.1 Å². The normalized spacial score (nSPS) is 17.0. The van der Waals surface area contributed by atoms with E-state index in [1.165, 1.54) is 6.07 Å². The minimum Gasteiger partial charge on any atom is -0.378 e. The Labute approximate surface area is 164 Å². The zero-order chi connectivity index (χ0) is 19.6. The number of nitrogens with one attached hydrogen (secondary N) is 2. The van der Waals surface area contributed by atoms with Crippen molar-refractivity contribution in [3.63, 3.8) is 0 Å². The van der Waals surface area contributed by atoms with Gasteiger partial charge in [0.15, 0.2) is 0 Å². The van der Waals surface area contributed by atoms with E-state index in [9.17, 15) is 13.2 Å². The van der Waals surface area contributed by atoms with Crippen LogP contribution in [-0.2, 0) is 21.4 Å². The van der Waals surface area contributed by atoms with E-state index >= 15 is 0 Å². The highest BCUT2D eigenvalue weighted by Crippen LogP contribution is 2.34. The molecule has 2 aromatic carbocycles. The Morgan fingerprint density at radius 2 is 1.89 bits per heavy atom. The second-order valence-corrected chi connectivity index (χ2v) is 9.57. The topological polar surface area (TPSA) is 78.5 Å². The Kier molecular flexibility index (Phi) is 5.78. The fourth-order valence-electron chi connectivity index (χ4n) is 2.62. The van der Waals surface area contributed by atoms with Crippen LogP contribution in [0, 0.1) is 5.92 Å². The lowest BCUT2D eigenvalue weighted by Crippen LogP contribution is -2.24. The second kappa shape index (κ2) is 7.92. The molecule has 0 bridgehead atoms. The first kappa shape index (κ1) is 19.7. The molecule has 1 aliphatic rings. The number of benzene rings is 2. The van der Waals surface area contributed by atoms with Gasteiger partial charge in [0.05, 0.1) is 10.6 Å². The number of thioether (sulfide) groups is 1. The highest BCUT2D eigenvalue weighted by Gasteiger charge is 2.22. The number of hydrogen-bond donors (Lipinski definition) is 2. The molecule has 3 rings (SSSR count). The first-order chi connectivity index (χ1) is 12.8. The van der Waals surface area contributed by atoms with Crippen molar-refractivity contribution < 1.29 is 13.2 Å². The fourth-order valence-corrected chi connectivity index (χ4v) is 4.67. The van der Waals surface area contributed by atoms with Crippen molar-refractivity contribution in [1.82, 2.24) is 4.72 Å². The predicted octanol–water partition coefficient (Wildman–Crippen LogP) is 2.91. The van der Waals surface area contributed by atoms with Crippen LogP contribution in [0.2, 0.25) is 0 Å². The largest absolute Gasteiger partial charge is 0.378 e. The van der Waals surface area contributed by atoms with Crippen LogP contribution in [-0.4, -0.2) is 34.2 Å². The second-order valence-electron chi connectivity index (χ2n) is 6.74. The minimum absolute atomic E-state index is 0.0928. The minimum atomic E-state index is -3.68. The summed E-state index contributed by atoms with van der Waals surface area (Å²) in [6.45, 7) is 2.06. The lowest BCUT2D eigenvalue weighted by atomic mass is 10.2. The lowest BCUT2D eigenvalue weighted by molar-refractivity contribution is -0.118. The molecule has 27 heavy (non-hydrogen) atoms. The van der Waals surface area contributed by atoms with E-state index in [0.29, 0.717) is 11.4 Å². The average Bonchev–Trinajstić information content (AvgIpc) is 2.78. The molecule has 2 aromatic rings. The summed E-state index contributed by atoms with van der Waals surface area (Å²) >= 11 is 1.55. The smallest absolute Gasteiger partial charge is 0.240 e. The highest BCUT2D eigenvalue weighted by atomic mass is 32.2. The number of fused-ring (bicyclic) bond motifs is 1. The Balaban J connectivity index is 1.75. The van der Waals surface area contributed by atoms with Crippen LogP contribution < -0.4 is 14.9 Å². The molecule has 2 N–H and O–H groups in total. The average molecular weight is 406 g/mol. The van der Waals surface area contributed by atoms with Crippen LogP contribution in [0.5, 0.6) is 0 Å². The molecule has 1 atom stereocenters. The number of carbonyl (C=O) groups is 1. The summed E-state index contributed by atoms with van der Waals surface area (Å²) in [6, 6.07) is 12.5. The lowest BCUT2D eigenvalue weighted by Gasteiger charge is -2.13. The van der Waals surface area contributed by atoms with E-state index < -0.39 is 10.0 Å². The predicted molar refractivity (Wildman–Crippen MR) is 110 cm³/mol. The van der Waals surface area contributed by atoms with Crippen molar-refractivity contribution in [3.8, 4) is 0 Å². The maximum absolute atomic E-state index is 12.7. The van der Waals surface area contributed by atoms with Crippen molar-refractivity contribution in [2.75, 3.05) is 30.1 Å². The molecule has 8 heteroatoms. The number of hydrogen-bond acceptors (Lipinski definition) is 5. The fraction of sp³-hybridized carbons (Fsp3) is 0.316. The van der Waals surface area contributed by atoms with Crippen LogP contribution >= 0.6 is 11.8 Å². The zero-order valence-corrected chi connectivity index (χ0v) is 17.2. The third kappa shape index (κ3) is 4.63. The van der Waals surface area contributed by atoms with Gasteiger partial charge in [-0.05, 0) is 35.9 Å². The molecular weight excluding hydrogens is 382 g/mol. The number of amides is 1. The molecular formula is C19H23N3O3S2. The van der Waals surface area contributed by atoms with Gasteiger partial charge in [0.1, 0.15) is 0 Å². The molecule has 0 aromatic heterocycles. The Morgan fingerprint density at radius 1 is 1.19 bits per heavy atom. The van der Waals surface area contributed by atoms with Gasteiger partial charge in [0.2, 0.25) is 15.9 Å². The molecule has 0 fully saturated rings.